The molecule has 3 rings (SSSR count). The number of aryl methyl sites for hydroxylation is 1. The second-order valence-corrected chi connectivity index (χ2v) is 8.79. The Labute approximate surface area is 147 Å². The summed E-state index contributed by atoms with van der Waals surface area (Å²) in [5, 5.41) is 0.584. The summed E-state index contributed by atoms with van der Waals surface area (Å²) in [6.45, 7) is 4.27. The van der Waals surface area contributed by atoms with Crippen molar-refractivity contribution in [2.24, 2.45) is 0 Å². The van der Waals surface area contributed by atoms with E-state index < -0.39 is 10.0 Å². The molecule has 6 heteroatoms. The number of fused-ring (bicyclic) bond motifs is 1. The molecule has 1 N–H and O–H groups in total. The van der Waals surface area contributed by atoms with E-state index in [9.17, 15) is 8.42 Å². The molecule has 0 amide bonds. The lowest BCUT2D eigenvalue weighted by Gasteiger charge is -2.32. The molecular weight excluding hydrogens is 346 g/mol. The van der Waals surface area contributed by atoms with Crippen LogP contribution >= 0.6 is 11.6 Å². The third kappa shape index (κ3) is 3.91. The van der Waals surface area contributed by atoms with Gasteiger partial charge in [0.25, 0.3) is 0 Å². The van der Waals surface area contributed by atoms with Gasteiger partial charge in [0, 0.05) is 11.6 Å². The third-order valence-corrected chi connectivity index (χ3v) is 5.71. The average Bonchev–Trinajstić information content (AvgIpc) is 2.52. The van der Waals surface area contributed by atoms with E-state index in [1.54, 1.807) is 36.4 Å². The van der Waals surface area contributed by atoms with E-state index in [0.717, 1.165) is 29.7 Å². The summed E-state index contributed by atoms with van der Waals surface area (Å²) in [6, 6.07) is 12.1. The highest BCUT2D eigenvalue weighted by atomic mass is 35.5. The van der Waals surface area contributed by atoms with E-state index in [0.29, 0.717) is 5.02 Å². The Morgan fingerprint density at radius 1 is 1.21 bits per heavy atom. The van der Waals surface area contributed by atoms with Gasteiger partial charge in [-0.3, -0.25) is 0 Å². The molecule has 0 aromatic heterocycles. The summed E-state index contributed by atoms with van der Waals surface area (Å²) < 4.78 is 33.6. The van der Waals surface area contributed by atoms with Crippen LogP contribution in [0.2, 0.25) is 5.02 Å². The topological polar surface area (TPSA) is 55.4 Å². The van der Waals surface area contributed by atoms with Crippen molar-refractivity contribution in [3.8, 4) is 5.75 Å². The summed E-state index contributed by atoms with van der Waals surface area (Å²) in [4.78, 5) is 0.256. The van der Waals surface area contributed by atoms with E-state index in [1.807, 2.05) is 19.9 Å². The summed E-state index contributed by atoms with van der Waals surface area (Å²) >= 11 is 5.92. The van der Waals surface area contributed by atoms with Crippen LogP contribution in [0.25, 0.3) is 0 Å². The van der Waals surface area contributed by atoms with E-state index in [4.69, 9.17) is 16.3 Å². The van der Waals surface area contributed by atoms with Crippen molar-refractivity contribution in [3.05, 3.63) is 58.6 Å². The van der Waals surface area contributed by atoms with Gasteiger partial charge in [-0.15, -0.1) is 0 Å². The molecule has 1 heterocycles. The van der Waals surface area contributed by atoms with Gasteiger partial charge in [-0.25, -0.2) is 13.1 Å². The minimum absolute atomic E-state index is 0.198. The number of benzene rings is 2. The molecule has 0 saturated carbocycles. The minimum Gasteiger partial charge on any atom is -0.488 e. The molecule has 1 aliphatic heterocycles. The van der Waals surface area contributed by atoms with Crippen LogP contribution in [0.5, 0.6) is 5.75 Å². The molecule has 0 radical (unpaired) electrons. The van der Waals surface area contributed by atoms with Crippen molar-refractivity contribution < 1.29 is 13.2 Å². The highest BCUT2D eigenvalue weighted by Crippen LogP contribution is 2.34. The summed E-state index contributed by atoms with van der Waals surface area (Å²) in [7, 11) is -3.58. The second-order valence-electron chi connectivity index (χ2n) is 6.59. The number of rotatable bonds is 4. The van der Waals surface area contributed by atoms with Crippen LogP contribution in [0, 0.1) is 0 Å². The zero-order valence-corrected chi connectivity index (χ0v) is 15.2. The number of halogens is 1. The molecule has 2 aromatic carbocycles. The molecule has 0 saturated heterocycles. The number of hydrogen-bond acceptors (Lipinski definition) is 3. The van der Waals surface area contributed by atoms with Gasteiger partial charge >= 0.3 is 0 Å². The molecule has 1 aliphatic rings. The second kappa shape index (κ2) is 6.39. The van der Waals surface area contributed by atoms with Crippen LogP contribution in [-0.4, -0.2) is 14.0 Å². The van der Waals surface area contributed by atoms with Crippen LogP contribution < -0.4 is 9.46 Å². The monoisotopic (exact) mass is 365 g/mol. The fourth-order valence-electron chi connectivity index (χ4n) is 2.71. The lowest BCUT2D eigenvalue weighted by molar-refractivity contribution is 0.0845. The standard InChI is InChI=1S/C18H20ClNO3S/c1-18(2)9-8-14-11-16(6-7-17(14)23-18)24(21,22)20-12-13-4-3-5-15(19)10-13/h3-7,10-11,20H,8-9,12H2,1-2H3. The number of sulfonamides is 1. The van der Waals surface area contributed by atoms with Crippen molar-refractivity contribution >= 4 is 21.6 Å². The Bertz CT molecular complexity index is 862. The molecule has 0 aliphatic carbocycles. The average molecular weight is 366 g/mol. The quantitative estimate of drug-likeness (QED) is 0.893. The van der Waals surface area contributed by atoms with Crippen molar-refractivity contribution in [3.63, 3.8) is 0 Å². The highest BCUT2D eigenvalue weighted by molar-refractivity contribution is 7.89. The highest BCUT2D eigenvalue weighted by Gasteiger charge is 2.27. The predicted molar refractivity (Wildman–Crippen MR) is 94.9 cm³/mol. The number of ether oxygens (including phenoxy) is 1. The fourth-order valence-corrected chi connectivity index (χ4v) is 3.99. The van der Waals surface area contributed by atoms with Gasteiger partial charge in [-0.2, -0.15) is 0 Å². The van der Waals surface area contributed by atoms with E-state index in [1.165, 1.54) is 0 Å². The first-order valence-electron chi connectivity index (χ1n) is 7.81. The van der Waals surface area contributed by atoms with Gasteiger partial charge in [-0.1, -0.05) is 23.7 Å². The number of hydrogen-bond donors (Lipinski definition) is 1. The lowest BCUT2D eigenvalue weighted by Crippen LogP contribution is -2.32. The Kier molecular flexibility index (Phi) is 4.60. The Balaban J connectivity index is 1.78. The smallest absolute Gasteiger partial charge is 0.240 e. The largest absolute Gasteiger partial charge is 0.488 e. The lowest BCUT2D eigenvalue weighted by atomic mass is 9.94. The molecule has 24 heavy (non-hydrogen) atoms. The Morgan fingerprint density at radius 3 is 2.75 bits per heavy atom. The summed E-state index contributed by atoms with van der Waals surface area (Å²) in [5.74, 6) is 0.764. The van der Waals surface area contributed by atoms with Crippen molar-refractivity contribution in [1.29, 1.82) is 0 Å². The molecule has 0 unspecified atom stereocenters. The maximum Gasteiger partial charge on any atom is 0.240 e. The first-order valence-corrected chi connectivity index (χ1v) is 9.67. The summed E-state index contributed by atoms with van der Waals surface area (Å²) in [5.41, 5.74) is 1.53. The summed E-state index contributed by atoms with van der Waals surface area (Å²) in [6.07, 6.45) is 1.67. The predicted octanol–water partition coefficient (Wildman–Crippen LogP) is 3.92. The molecule has 2 aromatic rings. The zero-order chi connectivity index (χ0) is 17.4. The molecule has 0 spiro atoms. The van der Waals surface area contributed by atoms with Crippen molar-refractivity contribution in [1.82, 2.24) is 4.72 Å². The molecule has 0 bridgehead atoms. The molecule has 0 fully saturated rings. The maximum atomic E-state index is 12.5. The zero-order valence-electron chi connectivity index (χ0n) is 13.7. The maximum absolute atomic E-state index is 12.5. The number of nitrogens with one attached hydrogen (secondary N) is 1. The molecular formula is C18H20ClNO3S. The fraction of sp³-hybridized carbons (Fsp3) is 0.333. The van der Waals surface area contributed by atoms with Crippen LogP contribution in [0.1, 0.15) is 31.4 Å². The van der Waals surface area contributed by atoms with Crippen LogP contribution in [0.4, 0.5) is 0 Å². The van der Waals surface area contributed by atoms with Gasteiger partial charge in [0.2, 0.25) is 10.0 Å². The first kappa shape index (κ1) is 17.3. The van der Waals surface area contributed by atoms with Gasteiger partial charge in [0.05, 0.1) is 4.90 Å². The Morgan fingerprint density at radius 2 is 2.00 bits per heavy atom. The van der Waals surface area contributed by atoms with E-state index in [2.05, 4.69) is 4.72 Å². The third-order valence-electron chi connectivity index (χ3n) is 4.08. The Hall–Kier alpha value is -1.56. The minimum atomic E-state index is -3.58. The van der Waals surface area contributed by atoms with Crippen LogP contribution in [-0.2, 0) is 23.0 Å². The van der Waals surface area contributed by atoms with Gasteiger partial charge in [-0.05, 0) is 68.1 Å². The van der Waals surface area contributed by atoms with E-state index in [-0.39, 0.29) is 17.0 Å². The van der Waals surface area contributed by atoms with Gasteiger partial charge in [0.1, 0.15) is 11.4 Å². The molecule has 0 atom stereocenters. The van der Waals surface area contributed by atoms with Gasteiger partial charge < -0.3 is 4.74 Å². The van der Waals surface area contributed by atoms with Gasteiger partial charge in [0.15, 0.2) is 0 Å². The van der Waals surface area contributed by atoms with E-state index >= 15 is 0 Å². The molecule has 4 nitrogen and oxygen atoms in total. The molecule has 128 valence electrons. The van der Waals surface area contributed by atoms with Crippen LogP contribution in [0.15, 0.2) is 47.4 Å². The van der Waals surface area contributed by atoms with Crippen molar-refractivity contribution in [2.45, 2.75) is 43.7 Å². The SMILES string of the molecule is CC1(C)CCc2cc(S(=O)(=O)NCc3cccc(Cl)c3)ccc2O1. The first-order chi connectivity index (χ1) is 11.3. The van der Waals surface area contributed by atoms with Crippen LogP contribution in [0.3, 0.4) is 0 Å². The van der Waals surface area contributed by atoms with Crippen molar-refractivity contribution in [2.75, 3.05) is 0 Å². The normalized spacial score (nSPS) is 16.3.